The Kier molecular flexibility index (Phi) is 3.77. The topological polar surface area (TPSA) is 38.3 Å². The van der Waals surface area contributed by atoms with E-state index in [0.717, 1.165) is 12.1 Å². The fraction of sp³-hybridized carbons (Fsp3) is 0.154. The Balaban J connectivity index is 2.08. The predicted molar refractivity (Wildman–Crippen MR) is 69.6 cm³/mol. The smallest absolute Gasteiger partial charge is 0.411 e. The molecule has 0 aliphatic rings. The lowest BCUT2D eigenvalue weighted by Gasteiger charge is -2.05. The van der Waals surface area contributed by atoms with Gasteiger partial charge in [-0.2, -0.15) is 0 Å². The van der Waals surface area contributed by atoms with Gasteiger partial charge in [0.1, 0.15) is 0 Å². The van der Waals surface area contributed by atoms with Crippen LogP contribution < -0.4 is 5.32 Å². The Bertz CT molecular complexity index is 494. The van der Waals surface area contributed by atoms with Crippen molar-refractivity contribution in [3.8, 4) is 0 Å². The van der Waals surface area contributed by atoms with Gasteiger partial charge < -0.3 is 4.74 Å². The number of ether oxygens (including phenoxy) is 1. The van der Waals surface area contributed by atoms with Gasteiger partial charge in [0.2, 0.25) is 0 Å². The summed E-state index contributed by atoms with van der Waals surface area (Å²) in [7, 11) is 1.35. The first kappa shape index (κ1) is 11.7. The second-order valence-corrected chi connectivity index (χ2v) is 4.61. The number of methoxy groups -OCH3 is 1. The Hall–Kier alpha value is -1.81. The minimum Gasteiger partial charge on any atom is -0.453 e. The molecule has 0 bridgehead atoms. The van der Waals surface area contributed by atoms with Gasteiger partial charge in [0.05, 0.1) is 7.11 Å². The van der Waals surface area contributed by atoms with Crippen molar-refractivity contribution in [1.29, 1.82) is 0 Å². The first-order valence-electron chi connectivity index (χ1n) is 5.24. The van der Waals surface area contributed by atoms with Crippen LogP contribution in [0.4, 0.5) is 10.5 Å². The van der Waals surface area contributed by atoms with Crippen molar-refractivity contribution in [2.24, 2.45) is 0 Å². The van der Waals surface area contributed by atoms with Crippen LogP contribution in [-0.4, -0.2) is 13.2 Å². The molecule has 0 radical (unpaired) electrons. The highest BCUT2D eigenvalue weighted by atomic mass is 32.1. The van der Waals surface area contributed by atoms with E-state index in [2.05, 4.69) is 21.5 Å². The van der Waals surface area contributed by atoms with E-state index in [1.54, 1.807) is 11.3 Å². The summed E-state index contributed by atoms with van der Waals surface area (Å²) >= 11 is 1.73. The van der Waals surface area contributed by atoms with E-state index in [1.165, 1.54) is 17.6 Å². The Morgan fingerprint density at radius 1 is 1.35 bits per heavy atom. The van der Waals surface area contributed by atoms with Gasteiger partial charge in [-0.25, -0.2) is 4.79 Å². The Morgan fingerprint density at radius 2 is 2.24 bits per heavy atom. The number of nitrogens with one attached hydrogen (secondary N) is 1. The van der Waals surface area contributed by atoms with E-state index in [4.69, 9.17) is 0 Å². The number of benzene rings is 1. The average Bonchev–Trinajstić information content (AvgIpc) is 2.82. The molecule has 2 rings (SSSR count). The number of thiophene rings is 1. The number of rotatable bonds is 3. The highest BCUT2D eigenvalue weighted by molar-refractivity contribution is 7.09. The number of hydrogen-bond acceptors (Lipinski definition) is 3. The van der Waals surface area contributed by atoms with E-state index in [0.29, 0.717) is 0 Å². The molecule has 1 heterocycles. The third-order valence-electron chi connectivity index (χ3n) is 2.32. The molecule has 0 saturated carbocycles. The Labute approximate surface area is 104 Å². The van der Waals surface area contributed by atoms with E-state index < -0.39 is 6.09 Å². The maximum Gasteiger partial charge on any atom is 0.411 e. The zero-order chi connectivity index (χ0) is 12.1. The fourth-order valence-corrected chi connectivity index (χ4v) is 2.28. The summed E-state index contributed by atoms with van der Waals surface area (Å²) in [6.07, 6.45) is 0.437. The monoisotopic (exact) mass is 247 g/mol. The molecular weight excluding hydrogens is 234 g/mol. The van der Waals surface area contributed by atoms with Gasteiger partial charge in [0, 0.05) is 17.0 Å². The highest BCUT2D eigenvalue weighted by Crippen LogP contribution is 2.17. The number of anilines is 1. The zero-order valence-electron chi connectivity index (χ0n) is 9.47. The lowest BCUT2D eigenvalue weighted by Crippen LogP contribution is -2.10. The first-order valence-corrected chi connectivity index (χ1v) is 6.12. The molecule has 4 heteroatoms. The van der Waals surface area contributed by atoms with Gasteiger partial charge in [0.25, 0.3) is 0 Å². The molecule has 0 saturated heterocycles. The second-order valence-electron chi connectivity index (χ2n) is 3.57. The molecule has 17 heavy (non-hydrogen) atoms. The molecule has 0 fully saturated rings. The molecular formula is C13H13NO2S. The number of hydrogen-bond donors (Lipinski definition) is 1. The third-order valence-corrected chi connectivity index (χ3v) is 3.19. The van der Waals surface area contributed by atoms with Crippen molar-refractivity contribution in [2.45, 2.75) is 6.42 Å². The molecule has 88 valence electrons. The summed E-state index contributed by atoms with van der Waals surface area (Å²) in [6, 6.07) is 11.9. The zero-order valence-corrected chi connectivity index (χ0v) is 10.3. The van der Waals surface area contributed by atoms with Crippen LogP contribution in [0.2, 0.25) is 0 Å². The van der Waals surface area contributed by atoms with E-state index in [-0.39, 0.29) is 0 Å². The molecule has 1 N–H and O–H groups in total. The molecule has 1 amide bonds. The molecule has 0 spiro atoms. The normalized spacial score (nSPS) is 9.94. The SMILES string of the molecule is COC(=O)Nc1cccc(Cc2cccs2)c1. The van der Waals surface area contributed by atoms with Crippen molar-refractivity contribution in [1.82, 2.24) is 0 Å². The maximum absolute atomic E-state index is 11.1. The number of carbonyl (C=O) groups excluding carboxylic acids is 1. The summed E-state index contributed by atoms with van der Waals surface area (Å²) in [5.41, 5.74) is 1.92. The highest BCUT2D eigenvalue weighted by Gasteiger charge is 2.02. The van der Waals surface area contributed by atoms with E-state index >= 15 is 0 Å². The molecule has 1 aromatic heterocycles. The van der Waals surface area contributed by atoms with Crippen LogP contribution in [0.25, 0.3) is 0 Å². The molecule has 0 atom stereocenters. The summed E-state index contributed by atoms with van der Waals surface area (Å²) in [5, 5.41) is 4.72. The standard InChI is InChI=1S/C13H13NO2S/c1-16-13(15)14-11-5-2-4-10(8-11)9-12-6-3-7-17-12/h2-8H,9H2,1H3,(H,14,15). The van der Waals surface area contributed by atoms with Crippen molar-refractivity contribution < 1.29 is 9.53 Å². The van der Waals surface area contributed by atoms with Gasteiger partial charge in [0.15, 0.2) is 0 Å². The lowest BCUT2D eigenvalue weighted by atomic mass is 10.1. The van der Waals surface area contributed by atoms with Crippen LogP contribution in [0.15, 0.2) is 41.8 Å². The summed E-state index contributed by atoms with van der Waals surface area (Å²) in [4.78, 5) is 12.4. The summed E-state index contributed by atoms with van der Waals surface area (Å²) < 4.78 is 4.55. The molecule has 3 nitrogen and oxygen atoms in total. The van der Waals surface area contributed by atoms with Crippen molar-refractivity contribution in [3.05, 3.63) is 52.2 Å². The van der Waals surface area contributed by atoms with Crippen molar-refractivity contribution in [3.63, 3.8) is 0 Å². The van der Waals surface area contributed by atoms with Gasteiger partial charge in [-0.15, -0.1) is 11.3 Å². The predicted octanol–water partition coefficient (Wildman–Crippen LogP) is 3.52. The van der Waals surface area contributed by atoms with Crippen LogP contribution in [0.5, 0.6) is 0 Å². The maximum atomic E-state index is 11.1. The van der Waals surface area contributed by atoms with Crippen molar-refractivity contribution >= 4 is 23.1 Å². The van der Waals surface area contributed by atoms with E-state index in [9.17, 15) is 4.79 Å². The van der Waals surface area contributed by atoms with Gasteiger partial charge in [-0.1, -0.05) is 18.2 Å². The van der Waals surface area contributed by atoms with Crippen LogP contribution in [0.1, 0.15) is 10.4 Å². The van der Waals surface area contributed by atoms with Gasteiger partial charge in [-0.3, -0.25) is 5.32 Å². The van der Waals surface area contributed by atoms with Crippen molar-refractivity contribution in [2.75, 3.05) is 12.4 Å². The first-order chi connectivity index (χ1) is 8.28. The minimum atomic E-state index is -0.446. The van der Waals surface area contributed by atoms with Crippen LogP contribution in [0.3, 0.4) is 0 Å². The average molecular weight is 247 g/mol. The Morgan fingerprint density at radius 3 is 2.94 bits per heavy atom. The molecule has 0 aliphatic heterocycles. The quantitative estimate of drug-likeness (QED) is 0.901. The molecule has 1 aromatic carbocycles. The number of amides is 1. The summed E-state index contributed by atoms with van der Waals surface area (Å²) in [5.74, 6) is 0. The van der Waals surface area contributed by atoms with Crippen LogP contribution in [0, 0.1) is 0 Å². The summed E-state index contributed by atoms with van der Waals surface area (Å²) in [6.45, 7) is 0. The fourth-order valence-electron chi connectivity index (χ4n) is 1.54. The van der Waals surface area contributed by atoms with Crippen LogP contribution in [-0.2, 0) is 11.2 Å². The molecule has 0 unspecified atom stereocenters. The minimum absolute atomic E-state index is 0.446. The lowest BCUT2D eigenvalue weighted by molar-refractivity contribution is 0.187. The largest absolute Gasteiger partial charge is 0.453 e. The molecule has 0 aliphatic carbocycles. The molecule has 2 aromatic rings. The van der Waals surface area contributed by atoms with E-state index in [1.807, 2.05) is 30.3 Å². The van der Waals surface area contributed by atoms with Gasteiger partial charge in [-0.05, 0) is 29.1 Å². The number of carbonyl (C=O) groups is 1. The third kappa shape index (κ3) is 3.32. The van der Waals surface area contributed by atoms with Gasteiger partial charge >= 0.3 is 6.09 Å². The van der Waals surface area contributed by atoms with Crippen LogP contribution >= 0.6 is 11.3 Å². The second kappa shape index (κ2) is 5.50.